The molecule has 0 heterocycles. The molecule has 0 bridgehead atoms. The predicted octanol–water partition coefficient (Wildman–Crippen LogP) is 5.06. The van der Waals surface area contributed by atoms with E-state index < -0.39 is 0 Å². The van der Waals surface area contributed by atoms with Gasteiger partial charge in [-0.3, -0.25) is 0 Å². The van der Waals surface area contributed by atoms with Crippen molar-refractivity contribution < 1.29 is 0 Å². The molecular formula is C17H20. The highest BCUT2D eigenvalue weighted by molar-refractivity contribution is 5.71. The van der Waals surface area contributed by atoms with E-state index >= 15 is 0 Å². The zero-order valence-corrected chi connectivity index (χ0v) is 11.0. The highest BCUT2D eigenvalue weighted by Crippen LogP contribution is 2.32. The van der Waals surface area contributed by atoms with Crippen LogP contribution in [-0.2, 0) is 0 Å². The van der Waals surface area contributed by atoms with Gasteiger partial charge in [-0.05, 0) is 55.9 Å². The Morgan fingerprint density at radius 2 is 1.71 bits per heavy atom. The van der Waals surface area contributed by atoms with Crippen LogP contribution in [-0.4, -0.2) is 0 Å². The number of allylic oxidation sites excluding steroid dienone is 5. The van der Waals surface area contributed by atoms with Crippen molar-refractivity contribution in [2.75, 3.05) is 0 Å². The van der Waals surface area contributed by atoms with Crippen LogP contribution in [0, 0.1) is 6.92 Å². The minimum absolute atomic E-state index is 1.13. The van der Waals surface area contributed by atoms with Crippen molar-refractivity contribution >= 4 is 5.57 Å². The van der Waals surface area contributed by atoms with Gasteiger partial charge < -0.3 is 0 Å². The zero-order valence-electron chi connectivity index (χ0n) is 11.0. The third kappa shape index (κ3) is 2.58. The Kier molecular flexibility index (Phi) is 3.33. The van der Waals surface area contributed by atoms with E-state index in [0.717, 1.165) is 12.8 Å². The summed E-state index contributed by atoms with van der Waals surface area (Å²) in [6, 6.07) is 8.81. The van der Waals surface area contributed by atoms with Crippen LogP contribution in [0.25, 0.3) is 5.57 Å². The topological polar surface area (TPSA) is 0 Å². The maximum Gasteiger partial charge on any atom is -0.0224 e. The van der Waals surface area contributed by atoms with Crippen molar-refractivity contribution in [3.8, 4) is 0 Å². The molecule has 0 aromatic heterocycles. The fourth-order valence-electron chi connectivity index (χ4n) is 2.42. The van der Waals surface area contributed by atoms with E-state index in [2.05, 4.69) is 57.7 Å². The van der Waals surface area contributed by atoms with Gasteiger partial charge in [0.05, 0.1) is 0 Å². The minimum Gasteiger partial charge on any atom is -0.0958 e. The van der Waals surface area contributed by atoms with Crippen molar-refractivity contribution in [1.82, 2.24) is 0 Å². The Balaban J connectivity index is 2.34. The van der Waals surface area contributed by atoms with Crippen LogP contribution in [0.4, 0.5) is 0 Å². The van der Waals surface area contributed by atoms with Crippen molar-refractivity contribution in [1.29, 1.82) is 0 Å². The SMILES string of the molecule is C=C(C)C1=C(C)C=C(c2ccc(C)cc2)CC1. The smallest absolute Gasteiger partial charge is 0.0224 e. The van der Waals surface area contributed by atoms with Crippen LogP contribution in [0.5, 0.6) is 0 Å². The van der Waals surface area contributed by atoms with Gasteiger partial charge in [0.1, 0.15) is 0 Å². The number of benzene rings is 1. The highest BCUT2D eigenvalue weighted by atomic mass is 14.2. The summed E-state index contributed by atoms with van der Waals surface area (Å²) < 4.78 is 0. The molecule has 1 aliphatic rings. The summed E-state index contributed by atoms with van der Waals surface area (Å²) in [6.07, 6.45) is 4.57. The molecule has 1 aliphatic carbocycles. The van der Waals surface area contributed by atoms with Gasteiger partial charge >= 0.3 is 0 Å². The normalized spacial score (nSPS) is 15.8. The molecule has 0 fully saturated rings. The van der Waals surface area contributed by atoms with E-state index in [1.807, 2.05) is 0 Å². The molecule has 0 nitrogen and oxygen atoms in total. The first-order valence-electron chi connectivity index (χ1n) is 6.21. The molecule has 88 valence electrons. The summed E-state index contributed by atoms with van der Waals surface area (Å²) in [7, 11) is 0. The molecule has 0 heteroatoms. The third-order valence-electron chi connectivity index (χ3n) is 3.45. The lowest BCUT2D eigenvalue weighted by atomic mass is 9.86. The first-order chi connectivity index (χ1) is 8.08. The quantitative estimate of drug-likeness (QED) is 0.658. The summed E-state index contributed by atoms with van der Waals surface area (Å²) >= 11 is 0. The second-order valence-electron chi connectivity index (χ2n) is 4.98. The van der Waals surface area contributed by atoms with Crippen molar-refractivity contribution in [3.63, 3.8) is 0 Å². The second kappa shape index (κ2) is 4.75. The fourth-order valence-corrected chi connectivity index (χ4v) is 2.42. The Bertz CT molecular complexity index is 495. The van der Waals surface area contributed by atoms with Crippen LogP contribution in [0.15, 0.2) is 53.6 Å². The van der Waals surface area contributed by atoms with E-state index in [1.165, 1.54) is 33.4 Å². The molecule has 1 aromatic rings. The van der Waals surface area contributed by atoms with Crippen molar-refractivity contribution in [3.05, 3.63) is 64.8 Å². The average molecular weight is 224 g/mol. The standard InChI is InChI=1S/C17H20/c1-12(2)17-10-9-16(11-14(17)4)15-7-5-13(3)6-8-15/h5-8,11H,1,9-10H2,2-4H3. The zero-order chi connectivity index (χ0) is 12.4. The predicted molar refractivity (Wildman–Crippen MR) is 75.9 cm³/mol. The monoisotopic (exact) mass is 224 g/mol. The molecular weight excluding hydrogens is 204 g/mol. The summed E-state index contributed by atoms with van der Waals surface area (Å²) in [6.45, 7) is 10.5. The first kappa shape index (κ1) is 11.9. The van der Waals surface area contributed by atoms with Gasteiger partial charge in [0.2, 0.25) is 0 Å². The number of aryl methyl sites for hydroxylation is 1. The molecule has 0 saturated heterocycles. The fraction of sp³-hybridized carbons (Fsp3) is 0.294. The molecule has 0 radical (unpaired) electrons. The van der Waals surface area contributed by atoms with Gasteiger partial charge in [-0.15, -0.1) is 0 Å². The van der Waals surface area contributed by atoms with Gasteiger partial charge in [0.25, 0.3) is 0 Å². The molecule has 0 spiro atoms. The Hall–Kier alpha value is -1.56. The molecule has 2 rings (SSSR count). The maximum absolute atomic E-state index is 4.05. The largest absolute Gasteiger partial charge is 0.0958 e. The number of hydrogen-bond acceptors (Lipinski definition) is 0. The van der Waals surface area contributed by atoms with E-state index in [0.29, 0.717) is 0 Å². The van der Waals surface area contributed by atoms with Crippen LogP contribution in [0.1, 0.15) is 37.8 Å². The van der Waals surface area contributed by atoms with Crippen LogP contribution in [0.3, 0.4) is 0 Å². The summed E-state index contributed by atoms with van der Waals surface area (Å²) in [5.41, 5.74) is 8.14. The highest BCUT2D eigenvalue weighted by Gasteiger charge is 2.12. The molecule has 0 atom stereocenters. The lowest BCUT2D eigenvalue weighted by Gasteiger charge is -2.19. The van der Waals surface area contributed by atoms with Crippen LogP contribution >= 0.6 is 0 Å². The van der Waals surface area contributed by atoms with Gasteiger partial charge in [-0.25, -0.2) is 0 Å². The molecule has 0 unspecified atom stereocenters. The van der Waals surface area contributed by atoms with Crippen molar-refractivity contribution in [2.45, 2.75) is 33.6 Å². The average Bonchev–Trinajstić information content (AvgIpc) is 2.29. The Labute approximate surface area is 104 Å². The van der Waals surface area contributed by atoms with Gasteiger partial charge in [-0.2, -0.15) is 0 Å². The molecule has 17 heavy (non-hydrogen) atoms. The first-order valence-corrected chi connectivity index (χ1v) is 6.21. The Morgan fingerprint density at radius 3 is 2.24 bits per heavy atom. The van der Waals surface area contributed by atoms with E-state index in [1.54, 1.807) is 0 Å². The second-order valence-corrected chi connectivity index (χ2v) is 4.98. The van der Waals surface area contributed by atoms with Crippen molar-refractivity contribution in [2.24, 2.45) is 0 Å². The van der Waals surface area contributed by atoms with E-state index in [4.69, 9.17) is 0 Å². The van der Waals surface area contributed by atoms with Gasteiger partial charge in [-0.1, -0.05) is 48.1 Å². The van der Waals surface area contributed by atoms with Gasteiger partial charge in [0, 0.05) is 0 Å². The Morgan fingerprint density at radius 1 is 1.06 bits per heavy atom. The molecule has 1 aromatic carbocycles. The molecule has 0 N–H and O–H groups in total. The van der Waals surface area contributed by atoms with Gasteiger partial charge in [0.15, 0.2) is 0 Å². The molecule has 0 saturated carbocycles. The molecule has 0 aliphatic heterocycles. The third-order valence-corrected chi connectivity index (χ3v) is 3.45. The van der Waals surface area contributed by atoms with E-state index in [-0.39, 0.29) is 0 Å². The summed E-state index contributed by atoms with van der Waals surface area (Å²) in [5, 5.41) is 0. The number of hydrogen-bond donors (Lipinski definition) is 0. The summed E-state index contributed by atoms with van der Waals surface area (Å²) in [5.74, 6) is 0. The minimum atomic E-state index is 1.13. The van der Waals surface area contributed by atoms with Crippen LogP contribution in [0.2, 0.25) is 0 Å². The molecule has 0 amide bonds. The lowest BCUT2D eigenvalue weighted by molar-refractivity contribution is 0.964. The van der Waals surface area contributed by atoms with Crippen LogP contribution < -0.4 is 0 Å². The maximum atomic E-state index is 4.05. The van der Waals surface area contributed by atoms with E-state index in [9.17, 15) is 0 Å². The lowest BCUT2D eigenvalue weighted by Crippen LogP contribution is -1.98. The number of rotatable bonds is 2. The summed E-state index contributed by atoms with van der Waals surface area (Å²) in [4.78, 5) is 0.